The number of phenolic OH excluding ortho intramolecular Hbond substituents is 1. The molecule has 0 spiro atoms. The molecule has 1 aromatic rings. The minimum Gasteiger partial charge on any atom is -0.504 e. The standard InChI is InChI=1S/C23H30O4/c1-16-7-6-8-17(2)13-19(15-23(3,4)12-11-16)27-22(25)18-9-10-21(26-5)20(24)14-18/h8-12,14,19,24H,1,6-7,13,15H2,2-5H3/t19-/m0/s1. The van der Waals surface area contributed by atoms with Crippen molar-refractivity contribution in [2.24, 2.45) is 5.41 Å². The number of allylic oxidation sites excluding steroid dienone is 4. The first kappa shape index (κ1) is 20.8. The van der Waals surface area contributed by atoms with E-state index in [4.69, 9.17) is 9.47 Å². The highest BCUT2D eigenvalue weighted by atomic mass is 16.5. The summed E-state index contributed by atoms with van der Waals surface area (Å²) in [4.78, 5) is 12.6. The van der Waals surface area contributed by atoms with Crippen LogP contribution in [0.2, 0.25) is 0 Å². The van der Waals surface area contributed by atoms with Gasteiger partial charge in [-0.2, -0.15) is 0 Å². The monoisotopic (exact) mass is 370 g/mol. The van der Waals surface area contributed by atoms with Gasteiger partial charge in [0.15, 0.2) is 11.5 Å². The maximum Gasteiger partial charge on any atom is 0.338 e. The highest BCUT2D eigenvalue weighted by Gasteiger charge is 2.25. The number of carbonyl (C=O) groups is 1. The summed E-state index contributed by atoms with van der Waals surface area (Å²) in [5.74, 6) is -0.191. The Morgan fingerprint density at radius 2 is 2.07 bits per heavy atom. The lowest BCUT2D eigenvalue weighted by atomic mass is 9.84. The molecular formula is C23H30O4. The fourth-order valence-electron chi connectivity index (χ4n) is 3.22. The Bertz CT molecular complexity index is 756. The van der Waals surface area contributed by atoms with Crippen LogP contribution in [-0.2, 0) is 4.74 Å². The minimum atomic E-state index is -0.440. The van der Waals surface area contributed by atoms with Crippen molar-refractivity contribution in [2.75, 3.05) is 7.11 Å². The predicted molar refractivity (Wildman–Crippen MR) is 108 cm³/mol. The SMILES string of the molecule is C=C1C=CC(C)(C)C[C@@H](OC(=O)c2ccc(OC)c(O)c2)CC(C)=CCC1. The molecule has 2 rings (SSSR count). The molecule has 0 saturated carbocycles. The highest BCUT2D eigenvalue weighted by Crippen LogP contribution is 2.31. The molecule has 1 aliphatic carbocycles. The van der Waals surface area contributed by atoms with E-state index in [-0.39, 0.29) is 17.3 Å². The third-order valence-electron chi connectivity index (χ3n) is 4.72. The van der Waals surface area contributed by atoms with Crippen LogP contribution in [0.3, 0.4) is 0 Å². The summed E-state index contributed by atoms with van der Waals surface area (Å²) in [6.07, 6.45) is 9.43. The van der Waals surface area contributed by atoms with Crippen molar-refractivity contribution < 1.29 is 19.4 Å². The lowest BCUT2D eigenvalue weighted by Gasteiger charge is -2.27. The maximum atomic E-state index is 12.6. The van der Waals surface area contributed by atoms with Gasteiger partial charge in [0.2, 0.25) is 0 Å². The van der Waals surface area contributed by atoms with Gasteiger partial charge in [-0.3, -0.25) is 0 Å². The molecule has 4 nitrogen and oxygen atoms in total. The van der Waals surface area contributed by atoms with Gasteiger partial charge in [-0.05, 0) is 49.8 Å². The van der Waals surface area contributed by atoms with Gasteiger partial charge in [-0.1, -0.05) is 49.8 Å². The number of benzene rings is 1. The van der Waals surface area contributed by atoms with E-state index in [1.165, 1.54) is 18.7 Å². The Morgan fingerprint density at radius 3 is 2.74 bits per heavy atom. The number of hydrogen-bond donors (Lipinski definition) is 1. The van der Waals surface area contributed by atoms with E-state index in [2.05, 4.69) is 45.6 Å². The van der Waals surface area contributed by atoms with E-state index in [1.807, 2.05) is 0 Å². The summed E-state index contributed by atoms with van der Waals surface area (Å²) in [5.41, 5.74) is 2.50. The zero-order valence-corrected chi connectivity index (χ0v) is 16.7. The third-order valence-corrected chi connectivity index (χ3v) is 4.72. The molecule has 0 heterocycles. The first-order valence-corrected chi connectivity index (χ1v) is 9.31. The van der Waals surface area contributed by atoms with Gasteiger partial charge >= 0.3 is 5.97 Å². The van der Waals surface area contributed by atoms with E-state index in [0.29, 0.717) is 24.2 Å². The van der Waals surface area contributed by atoms with Crippen LogP contribution in [0.25, 0.3) is 0 Å². The van der Waals surface area contributed by atoms with Crippen LogP contribution in [0.4, 0.5) is 0 Å². The second-order valence-electron chi connectivity index (χ2n) is 7.89. The molecule has 4 heteroatoms. The van der Waals surface area contributed by atoms with Crippen LogP contribution in [0.1, 0.15) is 56.8 Å². The lowest BCUT2D eigenvalue weighted by Crippen LogP contribution is -2.25. The van der Waals surface area contributed by atoms with E-state index >= 15 is 0 Å². The molecule has 0 aromatic heterocycles. The molecule has 1 aliphatic rings. The number of methoxy groups -OCH3 is 1. The van der Waals surface area contributed by atoms with Gasteiger partial charge in [0.1, 0.15) is 6.10 Å². The number of aromatic hydroxyl groups is 1. The summed E-state index contributed by atoms with van der Waals surface area (Å²) in [6, 6.07) is 4.54. The van der Waals surface area contributed by atoms with Gasteiger partial charge in [-0.25, -0.2) is 4.79 Å². The molecular weight excluding hydrogens is 340 g/mol. The smallest absolute Gasteiger partial charge is 0.338 e. The molecule has 0 unspecified atom stereocenters. The third kappa shape index (κ3) is 6.31. The molecule has 0 bridgehead atoms. The van der Waals surface area contributed by atoms with Crippen molar-refractivity contribution >= 4 is 5.97 Å². The molecule has 0 amide bonds. The number of hydrogen-bond acceptors (Lipinski definition) is 4. The minimum absolute atomic E-state index is 0.0766. The van der Waals surface area contributed by atoms with Crippen LogP contribution in [0.5, 0.6) is 11.5 Å². The Kier molecular flexibility index (Phi) is 6.89. The summed E-state index contributed by atoms with van der Waals surface area (Å²) in [5, 5.41) is 9.92. The van der Waals surface area contributed by atoms with Gasteiger partial charge in [-0.15, -0.1) is 0 Å². The molecule has 0 aliphatic heterocycles. The first-order valence-electron chi connectivity index (χ1n) is 9.31. The topological polar surface area (TPSA) is 55.8 Å². The Hall–Kier alpha value is -2.49. The van der Waals surface area contributed by atoms with Gasteiger partial charge in [0, 0.05) is 6.42 Å². The summed E-state index contributed by atoms with van der Waals surface area (Å²) >= 11 is 0. The van der Waals surface area contributed by atoms with Crippen LogP contribution in [-0.4, -0.2) is 24.3 Å². The lowest BCUT2D eigenvalue weighted by molar-refractivity contribution is 0.0221. The molecule has 0 radical (unpaired) electrons. The van der Waals surface area contributed by atoms with E-state index < -0.39 is 5.97 Å². The van der Waals surface area contributed by atoms with Gasteiger partial charge in [0.25, 0.3) is 0 Å². The quantitative estimate of drug-likeness (QED) is 0.557. The molecule has 0 fully saturated rings. The van der Waals surface area contributed by atoms with Gasteiger partial charge < -0.3 is 14.6 Å². The second-order valence-corrected chi connectivity index (χ2v) is 7.89. The van der Waals surface area contributed by atoms with E-state index in [0.717, 1.165) is 18.4 Å². The largest absolute Gasteiger partial charge is 0.504 e. The maximum absolute atomic E-state index is 12.6. The molecule has 1 atom stereocenters. The van der Waals surface area contributed by atoms with Crippen LogP contribution in [0.15, 0.2) is 54.2 Å². The molecule has 1 N–H and O–H groups in total. The van der Waals surface area contributed by atoms with Crippen molar-refractivity contribution in [3.63, 3.8) is 0 Å². The van der Waals surface area contributed by atoms with Crippen molar-refractivity contribution in [3.05, 3.63) is 59.7 Å². The number of esters is 1. The number of rotatable bonds is 3. The molecule has 146 valence electrons. The zero-order valence-electron chi connectivity index (χ0n) is 16.7. The van der Waals surface area contributed by atoms with Crippen molar-refractivity contribution in [3.8, 4) is 11.5 Å². The fraction of sp³-hybridized carbons (Fsp3) is 0.435. The van der Waals surface area contributed by atoms with E-state index in [1.54, 1.807) is 12.1 Å². The predicted octanol–water partition coefficient (Wildman–Crippen LogP) is 5.59. The Morgan fingerprint density at radius 1 is 1.33 bits per heavy atom. The number of carbonyl (C=O) groups excluding carboxylic acids is 1. The summed E-state index contributed by atoms with van der Waals surface area (Å²) in [6.45, 7) is 10.4. The average molecular weight is 370 g/mol. The van der Waals surface area contributed by atoms with Crippen molar-refractivity contribution in [1.82, 2.24) is 0 Å². The number of phenols is 1. The average Bonchev–Trinajstić information content (AvgIpc) is 2.60. The Labute approximate surface area is 162 Å². The summed E-state index contributed by atoms with van der Waals surface area (Å²) < 4.78 is 10.8. The first-order chi connectivity index (χ1) is 12.7. The van der Waals surface area contributed by atoms with Crippen LogP contribution in [0, 0.1) is 5.41 Å². The van der Waals surface area contributed by atoms with Gasteiger partial charge in [0.05, 0.1) is 12.7 Å². The highest BCUT2D eigenvalue weighted by molar-refractivity contribution is 5.90. The van der Waals surface area contributed by atoms with E-state index in [9.17, 15) is 9.90 Å². The zero-order chi connectivity index (χ0) is 20.0. The van der Waals surface area contributed by atoms with Crippen molar-refractivity contribution in [2.45, 2.75) is 52.6 Å². The second kappa shape index (κ2) is 8.94. The normalized spacial score (nSPS) is 20.4. The van der Waals surface area contributed by atoms with Crippen LogP contribution < -0.4 is 4.74 Å². The van der Waals surface area contributed by atoms with Crippen molar-refractivity contribution in [1.29, 1.82) is 0 Å². The Balaban J connectivity index is 2.20. The molecule has 1 aromatic carbocycles. The fourth-order valence-corrected chi connectivity index (χ4v) is 3.22. The number of ether oxygens (including phenoxy) is 2. The summed E-state index contributed by atoms with van der Waals surface area (Å²) in [7, 11) is 1.47. The molecule has 27 heavy (non-hydrogen) atoms. The van der Waals surface area contributed by atoms with Crippen LogP contribution >= 0.6 is 0 Å². The molecule has 0 saturated heterocycles.